The summed E-state index contributed by atoms with van der Waals surface area (Å²) in [7, 11) is 3.79. The zero-order valence-corrected chi connectivity index (χ0v) is 8.17. The Hall–Kier alpha value is -1.36. The fraction of sp³-hybridized carbons (Fsp3) is 0.286. The van der Waals surface area contributed by atoms with Crippen molar-refractivity contribution < 1.29 is 0 Å². The van der Waals surface area contributed by atoms with Crippen LogP contribution < -0.4 is 4.90 Å². The summed E-state index contributed by atoms with van der Waals surface area (Å²) in [5.41, 5.74) is 1.56. The second-order valence-corrected chi connectivity index (χ2v) is 2.70. The summed E-state index contributed by atoms with van der Waals surface area (Å²) in [6.07, 6.45) is 3.34. The van der Waals surface area contributed by atoms with Crippen molar-refractivity contribution in [2.75, 3.05) is 19.0 Å². The molecule has 0 unspecified atom stereocenters. The van der Waals surface area contributed by atoms with Gasteiger partial charge in [0.1, 0.15) is 5.52 Å². The number of aromatic nitrogens is 4. The zero-order chi connectivity index (χ0) is 8.55. The van der Waals surface area contributed by atoms with Gasteiger partial charge in [0.25, 0.3) is 0 Å². The van der Waals surface area contributed by atoms with Gasteiger partial charge in [0.15, 0.2) is 5.65 Å². The van der Waals surface area contributed by atoms with Crippen molar-refractivity contribution in [1.29, 1.82) is 0 Å². The summed E-state index contributed by atoms with van der Waals surface area (Å²) in [4.78, 5) is 17.1. The predicted octanol–water partition coefficient (Wildman–Crippen LogP) is 0.841. The van der Waals surface area contributed by atoms with E-state index in [0.29, 0.717) is 11.6 Å². The molecule has 0 saturated heterocycles. The van der Waals surface area contributed by atoms with Gasteiger partial charge in [-0.15, -0.1) is 12.4 Å². The topological polar surface area (TPSA) is 57.7 Å². The Morgan fingerprint density at radius 3 is 2.77 bits per heavy atom. The lowest BCUT2D eigenvalue weighted by Crippen LogP contribution is -2.12. The van der Waals surface area contributed by atoms with E-state index in [-0.39, 0.29) is 12.4 Å². The van der Waals surface area contributed by atoms with Crippen LogP contribution >= 0.6 is 12.4 Å². The van der Waals surface area contributed by atoms with E-state index < -0.39 is 0 Å². The van der Waals surface area contributed by atoms with Gasteiger partial charge in [-0.3, -0.25) is 0 Å². The van der Waals surface area contributed by atoms with Crippen LogP contribution in [0.25, 0.3) is 11.2 Å². The maximum absolute atomic E-state index is 4.21. The SMILES string of the molecule is CN(C)c1ncc2[nH]cnc2n1.Cl. The van der Waals surface area contributed by atoms with Crippen LogP contribution in [0.15, 0.2) is 12.5 Å². The normalized spacial score (nSPS) is 9.69. The standard InChI is InChI=1S/C7H9N5.ClH/c1-12(2)7-8-3-5-6(11-7)10-4-9-5;/h3-4H,1-2H3,(H,8,9,10,11);1H. The van der Waals surface area contributed by atoms with E-state index in [1.54, 1.807) is 12.5 Å². The molecule has 0 bridgehead atoms. The summed E-state index contributed by atoms with van der Waals surface area (Å²) in [6.45, 7) is 0. The van der Waals surface area contributed by atoms with E-state index in [0.717, 1.165) is 5.52 Å². The van der Waals surface area contributed by atoms with Crippen molar-refractivity contribution in [1.82, 2.24) is 19.9 Å². The number of rotatable bonds is 1. The van der Waals surface area contributed by atoms with Crippen molar-refractivity contribution in [2.45, 2.75) is 0 Å². The lowest BCUT2D eigenvalue weighted by Gasteiger charge is -2.07. The molecule has 2 rings (SSSR count). The Labute approximate surface area is 81.6 Å². The molecular weight excluding hydrogens is 190 g/mol. The van der Waals surface area contributed by atoms with Crippen molar-refractivity contribution in [3.63, 3.8) is 0 Å². The first-order valence-corrected chi connectivity index (χ1v) is 3.61. The van der Waals surface area contributed by atoms with Crippen molar-refractivity contribution in [2.24, 2.45) is 0 Å². The minimum absolute atomic E-state index is 0. The summed E-state index contributed by atoms with van der Waals surface area (Å²) < 4.78 is 0. The van der Waals surface area contributed by atoms with Crippen LogP contribution in [0.1, 0.15) is 0 Å². The maximum atomic E-state index is 4.21. The van der Waals surface area contributed by atoms with Gasteiger partial charge >= 0.3 is 0 Å². The zero-order valence-electron chi connectivity index (χ0n) is 7.35. The quantitative estimate of drug-likeness (QED) is 0.740. The van der Waals surface area contributed by atoms with Gasteiger partial charge in [-0.2, -0.15) is 4.98 Å². The van der Waals surface area contributed by atoms with Crippen LogP contribution in [-0.2, 0) is 0 Å². The third-order valence-corrected chi connectivity index (χ3v) is 1.56. The summed E-state index contributed by atoms with van der Waals surface area (Å²) >= 11 is 0. The van der Waals surface area contributed by atoms with Crippen molar-refractivity contribution in [3.8, 4) is 0 Å². The lowest BCUT2D eigenvalue weighted by atomic mass is 10.5. The Morgan fingerprint density at radius 2 is 2.08 bits per heavy atom. The molecule has 13 heavy (non-hydrogen) atoms. The molecule has 0 fully saturated rings. The molecule has 5 nitrogen and oxygen atoms in total. The van der Waals surface area contributed by atoms with E-state index in [1.165, 1.54) is 0 Å². The highest BCUT2D eigenvalue weighted by Crippen LogP contribution is 2.08. The number of halogens is 1. The van der Waals surface area contributed by atoms with Gasteiger partial charge in [0, 0.05) is 14.1 Å². The lowest BCUT2D eigenvalue weighted by molar-refractivity contribution is 1.01. The molecule has 0 spiro atoms. The van der Waals surface area contributed by atoms with Crippen molar-refractivity contribution >= 4 is 29.5 Å². The molecule has 70 valence electrons. The number of anilines is 1. The average molecular weight is 200 g/mol. The Bertz CT molecular complexity index is 396. The van der Waals surface area contributed by atoms with E-state index in [9.17, 15) is 0 Å². The molecule has 0 aliphatic heterocycles. The number of hydrogen-bond acceptors (Lipinski definition) is 4. The molecule has 0 amide bonds. The first-order valence-electron chi connectivity index (χ1n) is 3.61. The summed E-state index contributed by atoms with van der Waals surface area (Å²) in [5.74, 6) is 0.676. The van der Waals surface area contributed by atoms with Gasteiger partial charge in [-0.05, 0) is 0 Å². The molecule has 2 aromatic heterocycles. The van der Waals surface area contributed by atoms with Gasteiger partial charge in [0.2, 0.25) is 5.95 Å². The monoisotopic (exact) mass is 199 g/mol. The molecule has 0 radical (unpaired) electrons. The van der Waals surface area contributed by atoms with E-state index in [1.807, 2.05) is 19.0 Å². The highest BCUT2D eigenvalue weighted by Gasteiger charge is 2.01. The largest absolute Gasteiger partial charge is 0.347 e. The third-order valence-electron chi connectivity index (χ3n) is 1.56. The molecule has 2 aromatic rings. The minimum Gasteiger partial charge on any atom is -0.347 e. The number of nitrogens with zero attached hydrogens (tertiary/aromatic N) is 4. The summed E-state index contributed by atoms with van der Waals surface area (Å²) in [5, 5.41) is 0. The number of imidazole rings is 1. The molecule has 0 aromatic carbocycles. The Kier molecular flexibility index (Phi) is 2.67. The number of fused-ring (bicyclic) bond motifs is 1. The third kappa shape index (κ3) is 1.70. The molecule has 0 aliphatic rings. The highest BCUT2D eigenvalue weighted by molar-refractivity contribution is 5.85. The van der Waals surface area contributed by atoms with Crippen LogP contribution in [0, 0.1) is 0 Å². The second kappa shape index (κ2) is 3.57. The molecule has 6 heteroatoms. The highest BCUT2D eigenvalue weighted by atomic mass is 35.5. The first-order chi connectivity index (χ1) is 5.77. The molecule has 2 heterocycles. The first kappa shape index (κ1) is 9.73. The van der Waals surface area contributed by atoms with Gasteiger partial charge in [-0.25, -0.2) is 9.97 Å². The van der Waals surface area contributed by atoms with Gasteiger partial charge < -0.3 is 9.88 Å². The fourth-order valence-corrected chi connectivity index (χ4v) is 0.942. The second-order valence-electron chi connectivity index (χ2n) is 2.70. The smallest absolute Gasteiger partial charge is 0.226 e. The molecule has 1 N–H and O–H groups in total. The molecular formula is C7H10ClN5. The van der Waals surface area contributed by atoms with E-state index in [2.05, 4.69) is 19.9 Å². The molecule has 0 aliphatic carbocycles. The molecule has 0 atom stereocenters. The number of aromatic amines is 1. The van der Waals surface area contributed by atoms with Crippen LogP contribution in [0.4, 0.5) is 5.95 Å². The Morgan fingerprint density at radius 1 is 1.31 bits per heavy atom. The van der Waals surface area contributed by atoms with Crippen LogP contribution in [-0.4, -0.2) is 34.0 Å². The van der Waals surface area contributed by atoms with Crippen LogP contribution in [0.3, 0.4) is 0 Å². The van der Waals surface area contributed by atoms with Gasteiger partial charge in [-0.1, -0.05) is 0 Å². The van der Waals surface area contributed by atoms with E-state index in [4.69, 9.17) is 0 Å². The van der Waals surface area contributed by atoms with Crippen molar-refractivity contribution in [3.05, 3.63) is 12.5 Å². The van der Waals surface area contributed by atoms with E-state index >= 15 is 0 Å². The number of H-pyrrole nitrogens is 1. The number of nitrogens with one attached hydrogen (secondary N) is 1. The minimum atomic E-state index is 0. The summed E-state index contributed by atoms with van der Waals surface area (Å²) in [6, 6.07) is 0. The predicted molar refractivity (Wildman–Crippen MR) is 53.3 cm³/mol. The maximum Gasteiger partial charge on any atom is 0.226 e. The molecule has 0 saturated carbocycles. The average Bonchev–Trinajstić information content (AvgIpc) is 2.49. The van der Waals surface area contributed by atoms with Gasteiger partial charge in [0.05, 0.1) is 12.5 Å². The van der Waals surface area contributed by atoms with Crippen LogP contribution in [0.5, 0.6) is 0 Å². The Balaban J connectivity index is 0.000000845. The van der Waals surface area contributed by atoms with Crippen LogP contribution in [0.2, 0.25) is 0 Å². The fourth-order valence-electron chi connectivity index (χ4n) is 0.942. The number of hydrogen-bond donors (Lipinski definition) is 1.